The molecule has 6 nitrogen and oxygen atoms in total. The van der Waals surface area contributed by atoms with Crippen LogP contribution in [0.25, 0.3) is 0 Å². The number of aliphatic hydroxyl groups is 1. The van der Waals surface area contributed by atoms with Crippen molar-refractivity contribution in [1.29, 1.82) is 0 Å². The maximum absolute atomic E-state index is 13.0. The number of sulfone groups is 1. The molecule has 0 aliphatic rings. The Labute approximate surface area is 217 Å². The molecule has 0 fully saturated rings. The average Bonchev–Trinajstić information content (AvgIpc) is 2.82. The van der Waals surface area contributed by atoms with Gasteiger partial charge in [-0.2, -0.15) is 0 Å². The minimum Gasteiger partial charge on any atom is -0.462 e. The van der Waals surface area contributed by atoms with Crippen LogP contribution in [0.5, 0.6) is 0 Å². The third kappa shape index (κ3) is 7.53. The highest BCUT2D eigenvalue weighted by atomic mass is 35.5. The van der Waals surface area contributed by atoms with E-state index in [0.29, 0.717) is 35.7 Å². The fourth-order valence-electron chi connectivity index (χ4n) is 3.52. The van der Waals surface area contributed by atoms with Crippen LogP contribution in [0.15, 0.2) is 76.5 Å². The summed E-state index contributed by atoms with van der Waals surface area (Å²) in [4.78, 5) is 12.3. The van der Waals surface area contributed by atoms with Crippen LogP contribution in [-0.2, 0) is 21.0 Å². The van der Waals surface area contributed by atoms with Gasteiger partial charge in [-0.25, -0.2) is 13.2 Å². The summed E-state index contributed by atoms with van der Waals surface area (Å²) in [5.74, 6) is -0.470. The molecule has 1 atom stereocenters. The lowest BCUT2D eigenvalue weighted by molar-refractivity contribution is 0.0525. The van der Waals surface area contributed by atoms with E-state index in [9.17, 15) is 18.3 Å². The van der Waals surface area contributed by atoms with Gasteiger partial charge in [0.1, 0.15) is 0 Å². The molecule has 3 aromatic carbocycles. The molecule has 0 spiro atoms. The van der Waals surface area contributed by atoms with Gasteiger partial charge in [-0.05, 0) is 86.0 Å². The summed E-state index contributed by atoms with van der Waals surface area (Å²) in [5.41, 5.74) is 2.61. The molecule has 0 heterocycles. The van der Waals surface area contributed by atoms with Crippen molar-refractivity contribution in [3.05, 3.63) is 94.0 Å². The normalized spacial score (nSPS) is 12.0. The minimum atomic E-state index is -3.72. The zero-order valence-corrected chi connectivity index (χ0v) is 21.9. The van der Waals surface area contributed by atoms with Crippen LogP contribution in [0.2, 0.25) is 5.02 Å². The van der Waals surface area contributed by atoms with Gasteiger partial charge in [-0.15, -0.1) is 12.4 Å². The Morgan fingerprint density at radius 2 is 1.74 bits per heavy atom. The molecule has 0 radical (unpaired) electrons. The van der Waals surface area contributed by atoms with E-state index in [1.165, 1.54) is 18.2 Å². The smallest absolute Gasteiger partial charge is 0.338 e. The molecule has 0 saturated heterocycles. The van der Waals surface area contributed by atoms with Crippen molar-refractivity contribution in [1.82, 2.24) is 5.32 Å². The number of ether oxygens (including phenoxy) is 1. The van der Waals surface area contributed by atoms with Crippen molar-refractivity contribution < 1.29 is 23.1 Å². The van der Waals surface area contributed by atoms with E-state index in [2.05, 4.69) is 5.32 Å². The Hall–Kier alpha value is -2.42. The number of aliphatic hydroxyl groups excluding tert-OH is 1. The monoisotopic (exact) mass is 537 g/mol. The summed E-state index contributed by atoms with van der Waals surface area (Å²) in [6.07, 6.45) is 0.0144. The molecular weight excluding hydrogens is 509 g/mol. The third-order valence-corrected chi connectivity index (χ3v) is 7.40. The van der Waals surface area contributed by atoms with Gasteiger partial charge in [0.05, 0.1) is 28.1 Å². The first-order valence-electron chi connectivity index (χ1n) is 11.0. The van der Waals surface area contributed by atoms with Gasteiger partial charge in [0, 0.05) is 11.6 Å². The lowest BCUT2D eigenvalue weighted by atomic mass is 10.1. The van der Waals surface area contributed by atoms with Crippen molar-refractivity contribution in [2.24, 2.45) is 0 Å². The molecule has 0 amide bonds. The maximum Gasteiger partial charge on any atom is 0.338 e. The standard InChI is InChI=1S/C26H28ClNO5S.ClH/c1-3-33-26(30)24-12-11-23(15-18(24)2)34(31,32)22-9-7-19(8-10-22)13-14-28-17-25(29)20-5-4-6-21(27)16-20;/h4-12,15-16,25,28-29H,3,13-14,17H2,1-2H3;1H/t25-;/m1./s1. The highest BCUT2D eigenvalue weighted by molar-refractivity contribution is 7.91. The number of aryl methyl sites for hydroxylation is 1. The van der Waals surface area contributed by atoms with Gasteiger partial charge in [0.25, 0.3) is 0 Å². The van der Waals surface area contributed by atoms with E-state index >= 15 is 0 Å². The van der Waals surface area contributed by atoms with Crippen molar-refractivity contribution in [3.8, 4) is 0 Å². The fraction of sp³-hybridized carbons (Fsp3) is 0.269. The van der Waals surface area contributed by atoms with Crippen molar-refractivity contribution in [2.45, 2.75) is 36.2 Å². The van der Waals surface area contributed by atoms with Gasteiger partial charge >= 0.3 is 5.97 Å². The number of nitrogens with one attached hydrogen (secondary N) is 1. The van der Waals surface area contributed by atoms with Crippen LogP contribution < -0.4 is 5.32 Å². The number of rotatable bonds is 10. The number of hydrogen-bond acceptors (Lipinski definition) is 6. The van der Waals surface area contributed by atoms with E-state index < -0.39 is 21.9 Å². The largest absolute Gasteiger partial charge is 0.462 e. The predicted molar refractivity (Wildman–Crippen MR) is 139 cm³/mol. The van der Waals surface area contributed by atoms with E-state index in [0.717, 1.165) is 11.1 Å². The molecule has 0 aromatic heterocycles. The highest BCUT2D eigenvalue weighted by Gasteiger charge is 2.20. The van der Waals surface area contributed by atoms with Crippen LogP contribution in [0.4, 0.5) is 0 Å². The van der Waals surface area contributed by atoms with Gasteiger partial charge in [-0.1, -0.05) is 35.9 Å². The molecule has 0 saturated carbocycles. The van der Waals surface area contributed by atoms with Crippen LogP contribution >= 0.6 is 24.0 Å². The molecular formula is C26H29Cl2NO5S. The van der Waals surface area contributed by atoms with E-state index in [1.54, 1.807) is 56.3 Å². The second kappa shape index (κ2) is 13.0. The lowest BCUT2D eigenvalue weighted by Crippen LogP contribution is -2.23. The second-order valence-electron chi connectivity index (χ2n) is 7.87. The zero-order valence-electron chi connectivity index (χ0n) is 19.5. The number of hydrogen-bond donors (Lipinski definition) is 2. The van der Waals surface area contributed by atoms with Crippen molar-refractivity contribution in [2.75, 3.05) is 19.7 Å². The van der Waals surface area contributed by atoms with E-state index in [4.69, 9.17) is 16.3 Å². The SMILES string of the molecule is CCOC(=O)c1ccc(S(=O)(=O)c2ccc(CCNC[C@@H](O)c3cccc(Cl)c3)cc2)cc1C.Cl. The minimum absolute atomic E-state index is 0. The van der Waals surface area contributed by atoms with Crippen molar-refractivity contribution in [3.63, 3.8) is 0 Å². The first-order valence-corrected chi connectivity index (χ1v) is 12.8. The molecule has 9 heteroatoms. The van der Waals surface area contributed by atoms with Gasteiger partial charge < -0.3 is 15.2 Å². The summed E-state index contributed by atoms with van der Waals surface area (Å²) in [5, 5.41) is 14.0. The first-order chi connectivity index (χ1) is 16.2. The van der Waals surface area contributed by atoms with Crippen LogP contribution in [0.1, 0.15) is 40.1 Å². The van der Waals surface area contributed by atoms with Gasteiger partial charge in [0.2, 0.25) is 9.84 Å². The molecule has 0 unspecified atom stereocenters. The molecule has 3 aromatic rings. The topological polar surface area (TPSA) is 92.7 Å². The Kier molecular flexibility index (Phi) is 10.7. The van der Waals surface area contributed by atoms with Crippen LogP contribution in [-0.4, -0.2) is 39.2 Å². The van der Waals surface area contributed by atoms with Gasteiger partial charge in [0.15, 0.2) is 0 Å². The summed E-state index contributed by atoms with van der Waals surface area (Å²) in [6, 6.07) is 18.2. The first kappa shape index (κ1) is 28.8. The highest BCUT2D eigenvalue weighted by Crippen LogP contribution is 2.24. The summed E-state index contributed by atoms with van der Waals surface area (Å²) < 4.78 is 31.1. The predicted octanol–water partition coefficient (Wildman–Crippen LogP) is 4.95. The number of carbonyl (C=O) groups excluding carboxylic acids is 1. The Bertz CT molecular complexity index is 1250. The molecule has 2 N–H and O–H groups in total. The number of esters is 1. The Morgan fingerprint density at radius 1 is 1.06 bits per heavy atom. The van der Waals surface area contributed by atoms with Crippen LogP contribution in [0.3, 0.4) is 0 Å². The zero-order chi connectivity index (χ0) is 24.7. The summed E-state index contributed by atoms with van der Waals surface area (Å²) in [6.45, 7) is 4.66. The van der Waals surface area contributed by atoms with E-state index in [1.807, 2.05) is 6.07 Å². The molecule has 3 rings (SSSR count). The van der Waals surface area contributed by atoms with E-state index in [-0.39, 0.29) is 28.8 Å². The second-order valence-corrected chi connectivity index (χ2v) is 10.3. The number of halogens is 2. The quantitative estimate of drug-likeness (QED) is 0.281. The summed E-state index contributed by atoms with van der Waals surface area (Å²) >= 11 is 5.96. The summed E-state index contributed by atoms with van der Waals surface area (Å²) in [7, 11) is -3.72. The lowest BCUT2D eigenvalue weighted by Gasteiger charge is -2.13. The molecule has 188 valence electrons. The van der Waals surface area contributed by atoms with Crippen LogP contribution in [0, 0.1) is 6.92 Å². The van der Waals surface area contributed by atoms with Gasteiger partial charge in [-0.3, -0.25) is 0 Å². The Balaban J connectivity index is 0.00000432. The molecule has 0 bridgehead atoms. The molecule has 35 heavy (non-hydrogen) atoms. The fourth-order valence-corrected chi connectivity index (χ4v) is 5.06. The third-order valence-electron chi connectivity index (χ3n) is 5.40. The maximum atomic E-state index is 13.0. The molecule has 0 aliphatic heterocycles. The number of benzene rings is 3. The molecule has 0 aliphatic carbocycles. The number of carbonyl (C=O) groups is 1. The Morgan fingerprint density at radius 3 is 2.37 bits per heavy atom. The van der Waals surface area contributed by atoms with Crippen molar-refractivity contribution >= 4 is 39.8 Å². The average molecular weight is 538 g/mol.